The molecule has 0 aromatic heterocycles. The van der Waals surface area contributed by atoms with Crippen LogP contribution in [-0.2, 0) is 14.3 Å². The lowest BCUT2D eigenvalue weighted by Gasteiger charge is -2.14. The zero-order valence-electron chi connectivity index (χ0n) is 18.6. The quantitative estimate of drug-likeness (QED) is 0.206. The Morgan fingerprint density at radius 2 is 1.44 bits per heavy atom. The molecule has 0 spiro atoms. The predicted octanol–water partition coefficient (Wildman–Crippen LogP) is 6.18. The Morgan fingerprint density at radius 1 is 0.853 bits per heavy atom. The van der Waals surface area contributed by atoms with E-state index in [4.69, 9.17) is 14.2 Å². The van der Waals surface area contributed by atoms with Crippen LogP contribution >= 0.6 is 0 Å². The highest BCUT2D eigenvalue weighted by atomic mass is 16.7. The van der Waals surface area contributed by atoms with E-state index in [1.807, 2.05) is 60.7 Å². The third-order valence-electron chi connectivity index (χ3n) is 5.76. The van der Waals surface area contributed by atoms with Crippen LogP contribution in [0.4, 0.5) is 0 Å². The summed E-state index contributed by atoms with van der Waals surface area (Å²) in [6.07, 6.45) is 7.22. The fourth-order valence-electron chi connectivity index (χ4n) is 4.28. The highest BCUT2D eigenvalue weighted by Crippen LogP contribution is 2.47. The average Bonchev–Trinajstić information content (AvgIpc) is 3.05. The molecule has 0 radical (unpaired) electrons. The van der Waals surface area contributed by atoms with Gasteiger partial charge in [-0.2, -0.15) is 0 Å². The Labute approximate surface area is 196 Å². The van der Waals surface area contributed by atoms with Gasteiger partial charge in [0.1, 0.15) is 17.8 Å². The molecule has 0 amide bonds. The monoisotopic (exact) mass is 450 g/mol. The Balaban J connectivity index is 1.68. The predicted molar refractivity (Wildman–Crippen MR) is 134 cm³/mol. The van der Waals surface area contributed by atoms with E-state index in [0.29, 0.717) is 6.61 Å². The number of allylic oxidation sites excluding steroid dienone is 1. The van der Waals surface area contributed by atoms with Gasteiger partial charge in [-0.3, -0.25) is 4.79 Å². The largest absolute Gasteiger partial charge is 0.463 e. The molecule has 0 atom stereocenters. The van der Waals surface area contributed by atoms with Crippen molar-refractivity contribution in [2.45, 2.75) is 6.92 Å². The summed E-state index contributed by atoms with van der Waals surface area (Å²) in [7, 11) is 0. The minimum atomic E-state index is -0.363. The molecule has 0 aliphatic carbocycles. The number of rotatable bonds is 5. The summed E-state index contributed by atoms with van der Waals surface area (Å²) in [6, 6.07) is 20.1. The van der Waals surface area contributed by atoms with Crippen molar-refractivity contribution in [2.24, 2.45) is 0 Å². The van der Waals surface area contributed by atoms with Gasteiger partial charge in [-0.25, -0.2) is 4.79 Å². The molecule has 4 aromatic rings. The molecule has 0 saturated heterocycles. The third kappa shape index (κ3) is 4.04. The molecular weight excluding hydrogens is 428 g/mol. The second-order valence-corrected chi connectivity index (χ2v) is 7.83. The molecule has 5 heteroatoms. The summed E-state index contributed by atoms with van der Waals surface area (Å²) >= 11 is 0. The molecule has 1 aliphatic heterocycles. The Hall–Kier alpha value is -4.38. The molecule has 1 aliphatic rings. The fourth-order valence-corrected chi connectivity index (χ4v) is 4.28. The van der Waals surface area contributed by atoms with E-state index in [2.05, 4.69) is 0 Å². The highest BCUT2D eigenvalue weighted by molar-refractivity contribution is 6.10. The fraction of sp³-hybridized carbons (Fsp3) is 0.103. The van der Waals surface area contributed by atoms with Crippen LogP contribution in [0.15, 0.2) is 72.8 Å². The first-order valence-corrected chi connectivity index (χ1v) is 11.0. The number of esters is 1. The van der Waals surface area contributed by atoms with Crippen LogP contribution in [-0.4, -0.2) is 25.7 Å². The van der Waals surface area contributed by atoms with Gasteiger partial charge in [-0.05, 0) is 76.0 Å². The summed E-state index contributed by atoms with van der Waals surface area (Å²) in [5.74, 6) is 1.14. The van der Waals surface area contributed by atoms with Crippen LogP contribution < -0.4 is 9.47 Å². The van der Waals surface area contributed by atoms with E-state index in [1.54, 1.807) is 19.1 Å². The maximum Gasteiger partial charge on any atom is 0.330 e. The van der Waals surface area contributed by atoms with E-state index < -0.39 is 0 Å². The molecule has 4 aromatic carbocycles. The first kappa shape index (κ1) is 21.5. The van der Waals surface area contributed by atoms with Crippen molar-refractivity contribution < 1.29 is 23.8 Å². The molecular formula is C29H22O5. The molecule has 168 valence electrons. The van der Waals surface area contributed by atoms with E-state index >= 15 is 0 Å². The normalized spacial score (nSPS) is 12.7. The maximum absolute atomic E-state index is 11.7. The van der Waals surface area contributed by atoms with Crippen molar-refractivity contribution in [3.8, 4) is 22.6 Å². The van der Waals surface area contributed by atoms with Gasteiger partial charge in [0.25, 0.3) is 0 Å². The minimum absolute atomic E-state index is 0.123. The highest BCUT2D eigenvalue weighted by Gasteiger charge is 2.22. The molecule has 0 saturated carbocycles. The van der Waals surface area contributed by atoms with E-state index in [1.165, 1.54) is 12.2 Å². The van der Waals surface area contributed by atoms with Crippen molar-refractivity contribution >= 4 is 46.0 Å². The number of hydrogen-bond acceptors (Lipinski definition) is 5. The number of fused-ring (bicyclic) bond motifs is 7. The maximum atomic E-state index is 11.7. The Kier molecular flexibility index (Phi) is 5.83. The molecule has 0 bridgehead atoms. The molecule has 5 rings (SSSR count). The molecule has 5 nitrogen and oxygen atoms in total. The van der Waals surface area contributed by atoms with E-state index in [-0.39, 0.29) is 12.8 Å². The van der Waals surface area contributed by atoms with Crippen LogP contribution in [0.25, 0.3) is 44.8 Å². The lowest BCUT2D eigenvalue weighted by atomic mass is 9.91. The first-order valence-electron chi connectivity index (χ1n) is 11.0. The average molecular weight is 450 g/mol. The van der Waals surface area contributed by atoms with E-state index in [9.17, 15) is 9.59 Å². The van der Waals surface area contributed by atoms with Crippen molar-refractivity contribution in [3.63, 3.8) is 0 Å². The van der Waals surface area contributed by atoms with Crippen molar-refractivity contribution in [3.05, 3.63) is 83.9 Å². The second-order valence-electron chi connectivity index (χ2n) is 7.83. The van der Waals surface area contributed by atoms with Crippen molar-refractivity contribution in [2.75, 3.05) is 13.4 Å². The standard InChI is InChI=1S/C29H22O5/c1-2-32-27(31)14-7-20-6-11-24-22(17-20)9-13-26-29(24)28-23-10-5-19(4-3-15-30)16-21(23)8-12-25(28)33-18-34-26/h3-17H,2,18H2,1H3/b4-3+,14-7+. The van der Waals surface area contributed by atoms with Gasteiger partial charge < -0.3 is 14.2 Å². The number of hydrogen-bond donors (Lipinski definition) is 0. The Bertz CT molecular complexity index is 1480. The molecule has 0 N–H and O–H groups in total. The number of carbonyl (C=O) groups is 2. The van der Waals surface area contributed by atoms with Crippen LogP contribution in [0.1, 0.15) is 18.1 Å². The van der Waals surface area contributed by atoms with Gasteiger partial charge in [0, 0.05) is 17.2 Å². The number of carbonyl (C=O) groups excluding carboxylic acids is 2. The van der Waals surface area contributed by atoms with Gasteiger partial charge in [-0.1, -0.05) is 42.5 Å². The zero-order valence-corrected chi connectivity index (χ0v) is 18.6. The Morgan fingerprint density at radius 3 is 2.00 bits per heavy atom. The SMILES string of the molecule is CCOC(=O)/C=C/c1ccc2c3c(ccc2c1)OCOc1ccc2cc(/C=C/C=O)ccc2c1-3. The van der Waals surface area contributed by atoms with Gasteiger partial charge >= 0.3 is 5.97 Å². The summed E-state index contributed by atoms with van der Waals surface area (Å²) in [6.45, 7) is 2.25. The number of ether oxygens (including phenoxy) is 3. The van der Waals surface area contributed by atoms with Crippen molar-refractivity contribution in [1.29, 1.82) is 0 Å². The van der Waals surface area contributed by atoms with Gasteiger partial charge in [0.05, 0.1) is 6.61 Å². The van der Waals surface area contributed by atoms with Crippen LogP contribution in [0.3, 0.4) is 0 Å². The molecule has 0 fully saturated rings. The first-order chi connectivity index (χ1) is 16.7. The summed E-state index contributed by atoms with van der Waals surface area (Å²) in [5.41, 5.74) is 3.78. The van der Waals surface area contributed by atoms with Crippen LogP contribution in [0, 0.1) is 0 Å². The second kappa shape index (κ2) is 9.24. The smallest absolute Gasteiger partial charge is 0.330 e. The third-order valence-corrected chi connectivity index (χ3v) is 5.76. The van der Waals surface area contributed by atoms with Crippen LogP contribution in [0.2, 0.25) is 0 Å². The number of benzene rings is 4. The van der Waals surface area contributed by atoms with Gasteiger partial charge in [0.15, 0.2) is 0 Å². The summed E-state index contributed by atoms with van der Waals surface area (Å²) in [4.78, 5) is 22.4. The topological polar surface area (TPSA) is 61.8 Å². The van der Waals surface area contributed by atoms with Gasteiger partial charge in [-0.15, -0.1) is 0 Å². The van der Waals surface area contributed by atoms with E-state index in [0.717, 1.165) is 61.6 Å². The molecule has 1 heterocycles. The number of aldehydes is 1. The molecule has 34 heavy (non-hydrogen) atoms. The summed E-state index contributed by atoms with van der Waals surface area (Å²) in [5, 5.41) is 4.11. The summed E-state index contributed by atoms with van der Waals surface area (Å²) < 4.78 is 16.9. The van der Waals surface area contributed by atoms with Gasteiger partial charge in [0.2, 0.25) is 6.79 Å². The lowest BCUT2D eigenvalue weighted by Crippen LogP contribution is -2.03. The minimum Gasteiger partial charge on any atom is -0.463 e. The van der Waals surface area contributed by atoms with Crippen LogP contribution in [0.5, 0.6) is 11.5 Å². The van der Waals surface area contributed by atoms with Crippen molar-refractivity contribution in [1.82, 2.24) is 0 Å². The zero-order chi connectivity index (χ0) is 23.5. The molecule has 0 unspecified atom stereocenters. The lowest BCUT2D eigenvalue weighted by molar-refractivity contribution is -0.137.